The number of methoxy groups -OCH3 is 1. The standard InChI is InChI=1S/C18H20N4O/c1-23-16-5-2-4-14(12-16)18(13-19)8-6-15(7-9-18)22-17-20-10-3-11-21-17/h2-5,10-12,15H,6-9H2,1H3,(H,20,21,22)/t15-,18-. The SMILES string of the molecule is COc1cccc([C@]2(C#N)CC[C@@H](Nc3ncccn3)CC2)c1. The quantitative estimate of drug-likeness (QED) is 0.938. The molecule has 5 heteroatoms. The second kappa shape index (κ2) is 6.66. The van der Waals surface area contributed by atoms with Crippen molar-refractivity contribution in [3.63, 3.8) is 0 Å². The predicted molar refractivity (Wildman–Crippen MR) is 88.2 cm³/mol. The fraction of sp³-hybridized carbons (Fsp3) is 0.389. The van der Waals surface area contributed by atoms with Crippen molar-refractivity contribution in [1.82, 2.24) is 9.97 Å². The number of aromatic nitrogens is 2. The van der Waals surface area contributed by atoms with Gasteiger partial charge in [0.05, 0.1) is 18.6 Å². The Morgan fingerprint density at radius 3 is 2.61 bits per heavy atom. The third-order valence-electron chi connectivity index (χ3n) is 4.57. The number of anilines is 1. The van der Waals surface area contributed by atoms with Crippen molar-refractivity contribution in [2.75, 3.05) is 12.4 Å². The minimum atomic E-state index is -0.426. The van der Waals surface area contributed by atoms with Gasteiger partial charge in [-0.25, -0.2) is 9.97 Å². The van der Waals surface area contributed by atoms with Crippen LogP contribution in [-0.4, -0.2) is 23.1 Å². The highest BCUT2D eigenvalue weighted by atomic mass is 16.5. The fourth-order valence-electron chi connectivity index (χ4n) is 3.20. The molecule has 0 radical (unpaired) electrons. The highest BCUT2D eigenvalue weighted by molar-refractivity contribution is 5.39. The summed E-state index contributed by atoms with van der Waals surface area (Å²) in [6.07, 6.45) is 6.94. The third-order valence-corrected chi connectivity index (χ3v) is 4.57. The van der Waals surface area contributed by atoms with E-state index >= 15 is 0 Å². The molecule has 0 amide bonds. The summed E-state index contributed by atoms with van der Waals surface area (Å²) in [5.74, 6) is 1.46. The molecule has 1 N–H and O–H groups in total. The fourth-order valence-corrected chi connectivity index (χ4v) is 3.20. The number of rotatable bonds is 4. The van der Waals surface area contributed by atoms with Crippen LogP contribution >= 0.6 is 0 Å². The summed E-state index contributed by atoms with van der Waals surface area (Å²) in [6, 6.07) is 12.5. The van der Waals surface area contributed by atoms with Gasteiger partial charge >= 0.3 is 0 Å². The third kappa shape index (κ3) is 3.26. The highest BCUT2D eigenvalue weighted by Gasteiger charge is 2.37. The van der Waals surface area contributed by atoms with Crippen LogP contribution in [0, 0.1) is 11.3 Å². The van der Waals surface area contributed by atoms with Crippen molar-refractivity contribution in [1.29, 1.82) is 5.26 Å². The van der Waals surface area contributed by atoms with Gasteiger partial charge < -0.3 is 10.1 Å². The normalized spacial score (nSPS) is 23.7. The van der Waals surface area contributed by atoms with E-state index in [4.69, 9.17) is 4.74 Å². The highest BCUT2D eigenvalue weighted by Crippen LogP contribution is 2.40. The Labute approximate surface area is 136 Å². The van der Waals surface area contributed by atoms with E-state index in [-0.39, 0.29) is 0 Å². The first-order valence-corrected chi connectivity index (χ1v) is 7.85. The van der Waals surface area contributed by atoms with Crippen molar-refractivity contribution < 1.29 is 4.74 Å². The Morgan fingerprint density at radius 2 is 1.96 bits per heavy atom. The number of nitrogens with zero attached hydrogens (tertiary/aromatic N) is 3. The lowest BCUT2D eigenvalue weighted by Gasteiger charge is -2.35. The average molecular weight is 308 g/mol. The maximum absolute atomic E-state index is 9.80. The second-order valence-corrected chi connectivity index (χ2v) is 5.92. The summed E-state index contributed by atoms with van der Waals surface area (Å²) in [7, 11) is 1.65. The molecular weight excluding hydrogens is 288 g/mol. The lowest BCUT2D eigenvalue weighted by atomic mass is 9.69. The van der Waals surface area contributed by atoms with Gasteiger partial charge in [-0.15, -0.1) is 0 Å². The van der Waals surface area contributed by atoms with Gasteiger partial charge in [-0.05, 0) is 49.4 Å². The maximum atomic E-state index is 9.80. The molecular formula is C18H20N4O. The summed E-state index contributed by atoms with van der Waals surface area (Å²) in [4.78, 5) is 8.41. The number of nitrogens with one attached hydrogen (secondary N) is 1. The molecule has 3 rings (SSSR count). The molecule has 1 aromatic heterocycles. The molecule has 0 aliphatic heterocycles. The molecule has 5 nitrogen and oxygen atoms in total. The van der Waals surface area contributed by atoms with Gasteiger partial charge in [0, 0.05) is 18.4 Å². The largest absolute Gasteiger partial charge is 0.497 e. The zero-order chi connectivity index (χ0) is 16.1. The zero-order valence-electron chi connectivity index (χ0n) is 13.2. The van der Waals surface area contributed by atoms with Gasteiger partial charge in [-0.2, -0.15) is 5.26 Å². The summed E-state index contributed by atoms with van der Waals surface area (Å²) < 4.78 is 5.30. The van der Waals surface area contributed by atoms with E-state index in [0.717, 1.165) is 37.0 Å². The maximum Gasteiger partial charge on any atom is 0.222 e. The van der Waals surface area contributed by atoms with Gasteiger partial charge in [-0.3, -0.25) is 0 Å². The zero-order valence-corrected chi connectivity index (χ0v) is 13.2. The van der Waals surface area contributed by atoms with Gasteiger partial charge in [0.1, 0.15) is 5.75 Å². The van der Waals surface area contributed by atoms with E-state index in [1.165, 1.54) is 0 Å². The van der Waals surface area contributed by atoms with Crippen molar-refractivity contribution in [2.24, 2.45) is 0 Å². The Balaban J connectivity index is 1.71. The molecule has 0 saturated heterocycles. The van der Waals surface area contributed by atoms with Crippen LogP contribution in [-0.2, 0) is 5.41 Å². The van der Waals surface area contributed by atoms with E-state index in [2.05, 4.69) is 21.4 Å². The molecule has 1 heterocycles. The van der Waals surface area contributed by atoms with Crippen LogP contribution in [0.3, 0.4) is 0 Å². The van der Waals surface area contributed by atoms with Gasteiger partial charge in [-0.1, -0.05) is 12.1 Å². The first kappa shape index (κ1) is 15.3. The smallest absolute Gasteiger partial charge is 0.222 e. The Bertz CT molecular complexity index is 688. The summed E-state index contributed by atoms with van der Waals surface area (Å²) in [5.41, 5.74) is 0.623. The minimum absolute atomic E-state index is 0.310. The molecule has 23 heavy (non-hydrogen) atoms. The van der Waals surface area contributed by atoms with Gasteiger partial charge in [0.15, 0.2) is 0 Å². The number of hydrogen-bond acceptors (Lipinski definition) is 5. The van der Waals surface area contributed by atoms with Crippen molar-refractivity contribution in [2.45, 2.75) is 37.1 Å². The van der Waals surface area contributed by atoms with Crippen LogP contribution in [0.2, 0.25) is 0 Å². The number of nitriles is 1. The Kier molecular flexibility index (Phi) is 4.42. The molecule has 0 bridgehead atoms. The lowest BCUT2D eigenvalue weighted by molar-refractivity contribution is 0.341. The minimum Gasteiger partial charge on any atom is -0.497 e. The van der Waals surface area contributed by atoms with Gasteiger partial charge in [0.25, 0.3) is 0 Å². The topological polar surface area (TPSA) is 70.8 Å². The summed E-state index contributed by atoms with van der Waals surface area (Å²) in [5, 5.41) is 13.2. The molecule has 2 aromatic rings. The molecule has 0 spiro atoms. The van der Waals surface area contributed by atoms with Crippen molar-refractivity contribution >= 4 is 5.95 Å². The van der Waals surface area contributed by atoms with Gasteiger partial charge in [0.2, 0.25) is 5.95 Å². The van der Waals surface area contributed by atoms with Crippen LogP contribution in [0.4, 0.5) is 5.95 Å². The molecule has 1 aliphatic rings. The first-order valence-electron chi connectivity index (χ1n) is 7.85. The van der Waals surface area contributed by atoms with Crippen LogP contribution in [0.15, 0.2) is 42.7 Å². The second-order valence-electron chi connectivity index (χ2n) is 5.92. The number of benzene rings is 1. The molecule has 0 atom stereocenters. The van der Waals surface area contributed by atoms with E-state index in [1.54, 1.807) is 25.6 Å². The first-order chi connectivity index (χ1) is 11.3. The Morgan fingerprint density at radius 1 is 1.22 bits per heavy atom. The van der Waals surface area contributed by atoms with Crippen LogP contribution in [0.1, 0.15) is 31.2 Å². The monoisotopic (exact) mass is 308 g/mol. The summed E-state index contributed by atoms with van der Waals surface area (Å²) in [6.45, 7) is 0. The molecule has 0 unspecified atom stereocenters. The van der Waals surface area contributed by atoms with Crippen LogP contribution in [0.25, 0.3) is 0 Å². The van der Waals surface area contributed by atoms with E-state index < -0.39 is 5.41 Å². The van der Waals surface area contributed by atoms with Crippen molar-refractivity contribution in [3.8, 4) is 11.8 Å². The van der Waals surface area contributed by atoms with E-state index in [9.17, 15) is 5.26 Å². The van der Waals surface area contributed by atoms with E-state index in [0.29, 0.717) is 12.0 Å². The Hall–Kier alpha value is -2.61. The van der Waals surface area contributed by atoms with E-state index in [1.807, 2.05) is 24.3 Å². The molecule has 1 aliphatic carbocycles. The van der Waals surface area contributed by atoms with Crippen LogP contribution < -0.4 is 10.1 Å². The molecule has 1 saturated carbocycles. The number of hydrogen-bond donors (Lipinski definition) is 1. The molecule has 118 valence electrons. The summed E-state index contributed by atoms with van der Waals surface area (Å²) >= 11 is 0. The van der Waals surface area contributed by atoms with Crippen LogP contribution in [0.5, 0.6) is 5.75 Å². The molecule has 1 fully saturated rings. The lowest BCUT2D eigenvalue weighted by Crippen LogP contribution is -2.35. The average Bonchev–Trinajstić information content (AvgIpc) is 2.63. The number of ether oxygens (including phenoxy) is 1. The molecule has 1 aromatic carbocycles. The van der Waals surface area contributed by atoms with Crippen molar-refractivity contribution in [3.05, 3.63) is 48.3 Å². The predicted octanol–water partition coefficient (Wildman–Crippen LogP) is 3.30.